The molecule has 5 heteroatoms. The van der Waals surface area contributed by atoms with Crippen LogP contribution in [0.2, 0.25) is 0 Å². The van der Waals surface area contributed by atoms with Crippen molar-refractivity contribution in [3.05, 3.63) is 34.9 Å². The first kappa shape index (κ1) is 13.6. The molecule has 0 saturated carbocycles. The molecular weight excluding hydrogens is 234 g/mol. The molecule has 0 saturated heterocycles. The Labute approximate surface area is 107 Å². The molecule has 1 aromatic rings. The standard InChI is InChI=1S/C12H17N3OS/c1-3-8-5-6-10(9(4-2)7-8)11(16)15(14)12(13)17/h5-7H,3-4,14H2,1-2H3,(H2,13,17). The zero-order chi connectivity index (χ0) is 13.0. The van der Waals surface area contributed by atoms with Gasteiger partial charge >= 0.3 is 0 Å². The van der Waals surface area contributed by atoms with E-state index in [-0.39, 0.29) is 11.0 Å². The van der Waals surface area contributed by atoms with Gasteiger partial charge < -0.3 is 5.73 Å². The Kier molecular flexibility index (Phi) is 4.60. The molecule has 0 aliphatic rings. The number of thiocarbonyl (C=S) groups is 1. The van der Waals surface area contributed by atoms with E-state index in [0.29, 0.717) is 5.56 Å². The van der Waals surface area contributed by atoms with E-state index in [1.807, 2.05) is 19.1 Å². The number of amides is 1. The fraction of sp³-hybridized carbons (Fsp3) is 0.333. The third-order valence-electron chi connectivity index (χ3n) is 2.65. The van der Waals surface area contributed by atoms with Crippen LogP contribution in [0.4, 0.5) is 0 Å². The Morgan fingerprint density at radius 2 is 2.00 bits per heavy atom. The zero-order valence-corrected chi connectivity index (χ0v) is 10.9. The average molecular weight is 251 g/mol. The summed E-state index contributed by atoms with van der Waals surface area (Å²) in [7, 11) is 0. The van der Waals surface area contributed by atoms with Gasteiger partial charge in [0.05, 0.1) is 0 Å². The molecular formula is C12H17N3OS. The summed E-state index contributed by atoms with van der Waals surface area (Å²) in [6.07, 6.45) is 1.70. The summed E-state index contributed by atoms with van der Waals surface area (Å²) in [6.45, 7) is 4.06. The Morgan fingerprint density at radius 3 is 2.47 bits per heavy atom. The number of aryl methyl sites for hydroxylation is 2. The van der Waals surface area contributed by atoms with Gasteiger partial charge in [0.15, 0.2) is 5.11 Å². The molecule has 0 radical (unpaired) electrons. The van der Waals surface area contributed by atoms with Crippen LogP contribution in [0.25, 0.3) is 0 Å². The number of rotatable bonds is 3. The van der Waals surface area contributed by atoms with Gasteiger partial charge in [-0.05, 0) is 42.3 Å². The summed E-state index contributed by atoms with van der Waals surface area (Å²) in [5.74, 6) is 5.14. The topological polar surface area (TPSA) is 72.3 Å². The minimum atomic E-state index is -0.364. The van der Waals surface area contributed by atoms with Gasteiger partial charge in [0.25, 0.3) is 5.91 Å². The Morgan fingerprint density at radius 1 is 1.35 bits per heavy atom. The molecule has 92 valence electrons. The maximum absolute atomic E-state index is 12.0. The monoisotopic (exact) mass is 251 g/mol. The van der Waals surface area contributed by atoms with Crippen molar-refractivity contribution < 1.29 is 4.79 Å². The smallest absolute Gasteiger partial charge is 0.274 e. The number of hydrogen-bond acceptors (Lipinski definition) is 3. The predicted molar refractivity (Wildman–Crippen MR) is 72.3 cm³/mol. The lowest BCUT2D eigenvalue weighted by Gasteiger charge is -2.16. The molecule has 0 aromatic heterocycles. The zero-order valence-electron chi connectivity index (χ0n) is 10.1. The van der Waals surface area contributed by atoms with Crippen LogP contribution in [-0.4, -0.2) is 16.0 Å². The van der Waals surface area contributed by atoms with E-state index in [1.54, 1.807) is 6.07 Å². The summed E-state index contributed by atoms with van der Waals surface area (Å²) in [4.78, 5) is 12.0. The minimum Gasteiger partial charge on any atom is -0.375 e. The van der Waals surface area contributed by atoms with Gasteiger partial charge in [-0.25, -0.2) is 10.9 Å². The van der Waals surface area contributed by atoms with Gasteiger partial charge in [-0.3, -0.25) is 4.79 Å². The summed E-state index contributed by atoms with van der Waals surface area (Å²) in [6, 6.07) is 5.71. The van der Waals surface area contributed by atoms with E-state index in [4.69, 9.17) is 11.6 Å². The van der Waals surface area contributed by atoms with Gasteiger partial charge in [0.1, 0.15) is 0 Å². The first-order chi connectivity index (χ1) is 8.01. The van der Waals surface area contributed by atoms with Gasteiger partial charge in [0.2, 0.25) is 0 Å². The number of nitrogens with two attached hydrogens (primary N) is 2. The fourth-order valence-electron chi connectivity index (χ4n) is 1.60. The van der Waals surface area contributed by atoms with Crippen molar-refractivity contribution in [2.24, 2.45) is 11.6 Å². The van der Waals surface area contributed by atoms with Crippen LogP contribution in [0.1, 0.15) is 35.3 Å². The highest BCUT2D eigenvalue weighted by molar-refractivity contribution is 7.80. The maximum Gasteiger partial charge on any atom is 0.274 e. The Hall–Kier alpha value is -1.46. The molecule has 4 N–H and O–H groups in total. The van der Waals surface area contributed by atoms with Gasteiger partial charge in [0, 0.05) is 5.56 Å². The van der Waals surface area contributed by atoms with E-state index < -0.39 is 0 Å². The predicted octanol–water partition coefficient (Wildman–Crippen LogP) is 1.37. The number of carbonyl (C=O) groups excluding carboxylic acids is 1. The highest BCUT2D eigenvalue weighted by Gasteiger charge is 2.17. The highest BCUT2D eigenvalue weighted by Crippen LogP contribution is 2.15. The van der Waals surface area contributed by atoms with E-state index in [1.165, 1.54) is 5.56 Å². The van der Waals surface area contributed by atoms with Crippen LogP contribution in [0.5, 0.6) is 0 Å². The second-order valence-electron chi connectivity index (χ2n) is 3.71. The first-order valence-electron chi connectivity index (χ1n) is 5.51. The van der Waals surface area contributed by atoms with Crippen LogP contribution in [0.3, 0.4) is 0 Å². The van der Waals surface area contributed by atoms with Crippen molar-refractivity contribution in [2.75, 3.05) is 0 Å². The summed E-state index contributed by atoms with van der Waals surface area (Å²) >= 11 is 4.68. The Bertz CT molecular complexity index is 445. The maximum atomic E-state index is 12.0. The molecule has 4 nitrogen and oxygen atoms in total. The fourth-order valence-corrected chi connectivity index (χ4v) is 1.68. The summed E-state index contributed by atoms with van der Waals surface area (Å²) in [5, 5.41) is 0.673. The molecule has 0 unspecified atom stereocenters. The number of hydrogen-bond donors (Lipinski definition) is 2. The lowest BCUT2D eigenvalue weighted by atomic mass is 10.00. The van der Waals surface area contributed by atoms with Gasteiger partial charge in [-0.2, -0.15) is 0 Å². The van der Waals surface area contributed by atoms with Crippen LogP contribution >= 0.6 is 12.2 Å². The van der Waals surface area contributed by atoms with Gasteiger partial charge in [-0.15, -0.1) is 0 Å². The summed E-state index contributed by atoms with van der Waals surface area (Å²) in [5.41, 5.74) is 8.04. The van der Waals surface area contributed by atoms with Crippen molar-refractivity contribution in [1.82, 2.24) is 5.01 Å². The molecule has 0 bridgehead atoms. The van der Waals surface area contributed by atoms with Crippen molar-refractivity contribution >= 4 is 23.2 Å². The third kappa shape index (κ3) is 3.01. The van der Waals surface area contributed by atoms with Crippen molar-refractivity contribution in [1.29, 1.82) is 0 Å². The lowest BCUT2D eigenvalue weighted by Crippen LogP contribution is -2.45. The van der Waals surface area contributed by atoms with Crippen molar-refractivity contribution in [3.63, 3.8) is 0 Å². The molecule has 1 amide bonds. The lowest BCUT2D eigenvalue weighted by molar-refractivity contribution is 0.0847. The number of hydrazine groups is 1. The quantitative estimate of drug-likeness (QED) is 0.368. The van der Waals surface area contributed by atoms with Crippen LogP contribution in [-0.2, 0) is 12.8 Å². The van der Waals surface area contributed by atoms with E-state index in [9.17, 15) is 4.79 Å². The molecule has 0 atom stereocenters. The minimum absolute atomic E-state index is 0.128. The second-order valence-corrected chi connectivity index (χ2v) is 4.13. The highest BCUT2D eigenvalue weighted by atomic mass is 32.1. The van der Waals surface area contributed by atoms with Crippen LogP contribution in [0.15, 0.2) is 18.2 Å². The number of carbonyl (C=O) groups is 1. The SMILES string of the molecule is CCc1ccc(C(=O)N(N)C(N)=S)c(CC)c1. The number of benzene rings is 1. The van der Waals surface area contributed by atoms with Crippen LogP contribution in [0, 0.1) is 0 Å². The van der Waals surface area contributed by atoms with Crippen LogP contribution < -0.4 is 11.6 Å². The largest absolute Gasteiger partial charge is 0.375 e. The van der Waals surface area contributed by atoms with E-state index >= 15 is 0 Å². The van der Waals surface area contributed by atoms with E-state index in [0.717, 1.165) is 23.4 Å². The second kappa shape index (κ2) is 5.75. The molecule has 17 heavy (non-hydrogen) atoms. The normalized spacial score (nSPS) is 10.1. The Balaban J connectivity index is 3.13. The number of nitrogens with zero attached hydrogens (tertiary/aromatic N) is 1. The molecule has 0 heterocycles. The average Bonchev–Trinajstić information content (AvgIpc) is 2.35. The summed E-state index contributed by atoms with van der Waals surface area (Å²) < 4.78 is 0. The van der Waals surface area contributed by atoms with E-state index in [2.05, 4.69) is 19.1 Å². The van der Waals surface area contributed by atoms with Crippen molar-refractivity contribution in [2.45, 2.75) is 26.7 Å². The molecule has 0 aliphatic carbocycles. The molecule has 0 fully saturated rings. The molecule has 1 rings (SSSR count). The third-order valence-corrected chi connectivity index (χ3v) is 2.84. The van der Waals surface area contributed by atoms with Crippen molar-refractivity contribution in [3.8, 4) is 0 Å². The first-order valence-corrected chi connectivity index (χ1v) is 5.92. The van der Waals surface area contributed by atoms with Gasteiger partial charge in [-0.1, -0.05) is 26.0 Å². The molecule has 0 aliphatic heterocycles. The molecule has 1 aromatic carbocycles. The molecule has 0 spiro atoms.